The first-order valence-electron chi connectivity index (χ1n) is 1.98. The quantitative estimate of drug-likeness (QED) is 0.741. The van der Waals surface area contributed by atoms with Crippen LogP contribution >= 0.6 is 31.9 Å². The molecular weight excluding hydrogens is 272 g/mol. The van der Waals surface area contributed by atoms with Gasteiger partial charge in [0, 0.05) is 0 Å². The molecule has 0 aliphatic carbocycles. The number of halogens is 2. The van der Waals surface area contributed by atoms with Gasteiger partial charge in [0.2, 0.25) is 0 Å². The van der Waals surface area contributed by atoms with E-state index >= 15 is 0 Å². The number of carboxylic acids is 2. The zero-order valence-electron chi connectivity index (χ0n) is 4.47. The van der Waals surface area contributed by atoms with Crippen molar-refractivity contribution in [1.29, 1.82) is 0 Å². The first-order valence-corrected chi connectivity index (χ1v) is 3.57. The lowest BCUT2D eigenvalue weighted by atomic mass is 10.5. The molecule has 0 spiro atoms. The molecular formula is C4H2Br2O4. The molecule has 0 aromatic carbocycles. The van der Waals surface area contributed by atoms with E-state index in [4.69, 9.17) is 10.2 Å². The molecule has 0 aromatic rings. The summed E-state index contributed by atoms with van der Waals surface area (Å²) in [5.41, 5.74) is 0. The maximum atomic E-state index is 10.0. The van der Waals surface area contributed by atoms with Crippen molar-refractivity contribution in [2.75, 3.05) is 0 Å². The highest BCUT2D eigenvalue weighted by molar-refractivity contribution is 9.14. The molecule has 0 unspecified atom stereocenters. The van der Waals surface area contributed by atoms with Gasteiger partial charge in [0.15, 0.2) is 0 Å². The summed E-state index contributed by atoms with van der Waals surface area (Å²) in [5, 5.41) is 16.4. The van der Waals surface area contributed by atoms with E-state index < -0.39 is 20.9 Å². The third-order valence-electron chi connectivity index (χ3n) is 0.568. The Morgan fingerprint density at radius 1 is 0.900 bits per heavy atom. The molecule has 0 aliphatic rings. The van der Waals surface area contributed by atoms with E-state index in [-0.39, 0.29) is 0 Å². The maximum Gasteiger partial charge on any atom is 0.344 e. The molecule has 0 radical (unpaired) electrons. The highest BCUT2D eigenvalue weighted by atomic mass is 79.9. The predicted molar refractivity (Wildman–Crippen MR) is 40.2 cm³/mol. The van der Waals surface area contributed by atoms with Crippen LogP contribution in [-0.2, 0) is 9.59 Å². The molecule has 0 bridgehead atoms. The van der Waals surface area contributed by atoms with Gasteiger partial charge in [0.25, 0.3) is 0 Å². The minimum atomic E-state index is -1.32. The Bertz CT molecular complexity index is 185. The van der Waals surface area contributed by atoms with Crippen LogP contribution in [-0.4, -0.2) is 22.2 Å². The fourth-order valence-electron chi connectivity index (χ4n) is 0.188. The molecule has 0 heterocycles. The topological polar surface area (TPSA) is 74.6 Å². The Morgan fingerprint density at radius 2 is 1.10 bits per heavy atom. The molecule has 0 aromatic heterocycles. The summed E-state index contributed by atoms with van der Waals surface area (Å²) < 4.78 is -0.806. The average molecular weight is 274 g/mol. The van der Waals surface area contributed by atoms with E-state index in [1.54, 1.807) is 0 Å². The zero-order valence-corrected chi connectivity index (χ0v) is 7.64. The lowest BCUT2D eigenvalue weighted by molar-refractivity contribution is -0.134. The van der Waals surface area contributed by atoms with Gasteiger partial charge in [0.05, 0.1) is 0 Å². The van der Waals surface area contributed by atoms with Crippen LogP contribution in [0.1, 0.15) is 0 Å². The van der Waals surface area contributed by atoms with Crippen LogP contribution in [0.25, 0.3) is 0 Å². The molecule has 0 saturated carbocycles. The summed E-state index contributed by atoms with van der Waals surface area (Å²) in [6.45, 7) is 0. The first-order chi connectivity index (χ1) is 4.46. The second kappa shape index (κ2) is 3.72. The van der Waals surface area contributed by atoms with Crippen LogP contribution in [0, 0.1) is 0 Å². The van der Waals surface area contributed by atoms with Crippen LogP contribution in [0.4, 0.5) is 0 Å². The SMILES string of the molecule is O=C(O)/C(Br)=C(\Br)C(=O)O. The van der Waals surface area contributed by atoms with Crippen molar-refractivity contribution in [3.8, 4) is 0 Å². The summed E-state index contributed by atoms with van der Waals surface area (Å²) in [6, 6.07) is 0. The third-order valence-corrected chi connectivity index (χ3v) is 2.57. The van der Waals surface area contributed by atoms with Crippen molar-refractivity contribution in [2.45, 2.75) is 0 Å². The van der Waals surface area contributed by atoms with E-state index in [2.05, 4.69) is 31.9 Å². The summed E-state index contributed by atoms with van der Waals surface area (Å²) in [5.74, 6) is -2.65. The second-order valence-electron chi connectivity index (χ2n) is 1.24. The standard InChI is InChI=1S/C4H2Br2O4/c5-1(3(7)8)2(6)4(9)10/h(H,7,8)(H,9,10)/b2-1+. The zero-order chi connectivity index (χ0) is 8.31. The van der Waals surface area contributed by atoms with Gasteiger partial charge in [0.1, 0.15) is 8.96 Å². The second-order valence-corrected chi connectivity index (χ2v) is 2.82. The molecule has 0 rings (SSSR count). The fraction of sp³-hybridized carbons (Fsp3) is 0. The number of aliphatic carboxylic acids is 2. The monoisotopic (exact) mass is 272 g/mol. The number of hydrogen-bond donors (Lipinski definition) is 2. The van der Waals surface area contributed by atoms with Gasteiger partial charge in [-0.2, -0.15) is 0 Å². The molecule has 2 N–H and O–H groups in total. The fourth-order valence-corrected chi connectivity index (χ4v) is 0.527. The molecule has 0 atom stereocenters. The molecule has 56 valence electrons. The van der Waals surface area contributed by atoms with Crippen LogP contribution in [0.15, 0.2) is 8.96 Å². The summed E-state index contributed by atoms with van der Waals surface area (Å²) >= 11 is 5.12. The number of carboxylic acid groups (broad SMARTS) is 2. The van der Waals surface area contributed by atoms with Crippen molar-refractivity contribution in [1.82, 2.24) is 0 Å². The van der Waals surface area contributed by atoms with Crippen molar-refractivity contribution in [3.05, 3.63) is 8.96 Å². The highest BCUT2D eigenvalue weighted by Gasteiger charge is 2.13. The molecule has 0 fully saturated rings. The van der Waals surface area contributed by atoms with E-state index in [0.29, 0.717) is 0 Å². The normalized spacial score (nSPS) is 12.2. The van der Waals surface area contributed by atoms with E-state index in [1.165, 1.54) is 0 Å². The summed E-state index contributed by atoms with van der Waals surface area (Å²) in [6.07, 6.45) is 0. The Labute approximate surface area is 72.8 Å². The van der Waals surface area contributed by atoms with Crippen molar-refractivity contribution < 1.29 is 19.8 Å². The van der Waals surface area contributed by atoms with Crippen LogP contribution in [0.5, 0.6) is 0 Å². The highest BCUT2D eigenvalue weighted by Crippen LogP contribution is 2.17. The molecule has 4 nitrogen and oxygen atoms in total. The van der Waals surface area contributed by atoms with Gasteiger partial charge < -0.3 is 10.2 Å². The Hall–Kier alpha value is -0.360. The molecule has 6 heteroatoms. The van der Waals surface area contributed by atoms with Crippen molar-refractivity contribution in [3.63, 3.8) is 0 Å². The van der Waals surface area contributed by atoms with Gasteiger partial charge in [-0.05, 0) is 31.9 Å². The maximum absolute atomic E-state index is 10.0. The van der Waals surface area contributed by atoms with Crippen molar-refractivity contribution >= 4 is 43.8 Å². The Balaban J connectivity index is 4.67. The smallest absolute Gasteiger partial charge is 0.344 e. The number of hydrogen-bond acceptors (Lipinski definition) is 2. The van der Waals surface area contributed by atoms with Gasteiger partial charge in [-0.1, -0.05) is 0 Å². The van der Waals surface area contributed by atoms with E-state index in [0.717, 1.165) is 0 Å². The van der Waals surface area contributed by atoms with E-state index in [1.807, 2.05) is 0 Å². The Morgan fingerprint density at radius 3 is 1.20 bits per heavy atom. The lowest BCUT2D eigenvalue weighted by Gasteiger charge is -1.91. The van der Waals surface area contributed by atoms with Crippen LogP contribution in [0.2, 0.25) is 0 Å². The molecule has 0 aliphatic heterocycles. The third kappa shape index (κ3) is 2.49. The Kier molecular flexibility index (Phi) is 3.59. The molecule has 0 saturated heterocycles. The lowest BCUT2D eigenvalue weighted by Crippen LogP contribution is -2.02. The average Bonchev–Trinajstić information content (AvgIpc) is 1.84. The number of rotatable bonds is 2. The van der Waals surface area contributed by atoms with Gasteiger partial charge in [-0.15, -0.1) is 0 Å². The van der Waals surface area contributed by atoms with E-state index in [9.17, 15) is 9.59 Å². The predicted octanol–water partition coefficient (Wildman–Crippen LogP) is 1.16. The summed E-state index contributed by atoms with van der Waals surface area (Å²) in [4.78, 5) is 20.1. The minimum Gasteiger partial charge on any atom is -0.477 e. The van der Waals surface area contributed by atoms with Gasteiger partial charge in [-0.3, -0.25) is 0 Å². The van der Waals surface area contributed by atoms with Gasteiger partial charge in [-0.25, -0.2) is 9.59 Å². The van der Waals surface area contributed by atoms with Crippen LogP contribution in [0.3, 0.4) is 0 Å². The number of carbonyl (C=O) groups is 2. The summed E-state index contributed by atoms with van der Waals surface area (Å²) in [7, 11) is 0. The van der Waals surface area contributed by atoms with Crippen molar-refractivity contribution in [2.24, 2.45) is 0 Å². The van der Waals surface area contributed by atoms with Gasteiger partial charge >= 0.3 is 11.9 Å². The molecule has 0 amide bonds. The van der Waals surface area contributed by atoms with Crippen LogP contribution < -0.4 is 0 Å². The minimum absolute atomic E-state index is 0.403. The molecule has 10 heavy (non-hydrogen) atoms. The first kappa shape index (κ1) is 9.64. The largest absolute Gasteiger partial charge is 0.477 e.